The number of aromatic amines is 1. The monoisotopic (exact) mass is 421 g/mol. The Morgan fingerprint density at radius 2 is 1.86 bits per heavy atom. The van der Waals surface area contributed by atoms with Crippen LogP contribution in [-0.4, -0.2) is 38.6 Å². The van der Waals surface area contributed by atoms with Gasteiger partial charge in [0, 0.05) is 18.3 Å². The number of nitrogens with one attached hydrogen (secondary N) is 1. The fraction of sp³-hybridized carbons (Fsp3) is 0.250. The van der Waals surface area contributed by atoms with E-state index in [-0.39, 0.29) is 21.9 Å². The van der Waals surface area contributed by atoms with Crippen molar-refractivity contribution in [1.29, 1.82) is 0 Å². The molecule has 0 spiro atoms. The zero-order valence-electron chi connectivity index (χ0n) is 14.1. The van der Waals surface area contributed by atoms with Crippen LogP contribution in [0.1, 0.15) is 5.69 Å². The molecule has 0 aliphatic carbocycles. The molecular weight excluding hydrogens is 409 g/mol. The highest BCUT2D eigenvalue weighted by Gasteiger charge is 2.61. The van der Waals surface area contributed by atoms with E-state index in [1.165, 1.54) is 19.4 Å². The summed E-state index contributed by atoms with van der Waals surface area (Å²) in [6.07, 6.45) is -9.72. The molecular formula is C16H12F5N3O3S. The van der Waals surface area contributed by atoms with Gasteiger partial charge in [0.25, 0.3) is 0 Å². The molecule has 1 aromatic carbocycles. The largest absolute Gasteiger partial charge is 0.499 e. The molecule has 1 N–H and O–H groups in total. The second-order valence-corrected chi connectivity index (χ2v) is 6.88. The minimum absolute atomic E-state index is 0.00742. The fourth-order valence-electron chi connectivity index (χ4n) is 2.21. The molecule has 0 saturated heterocycles. The van der Waals surface area contributed by atoms with Crippen LogP contribution in [0.5, 0.6) is 11.5 Å². The van der Waals surface area contributed by atoms with Gasteiger partial charge in [0.2, 0.25) is 0 Å². The summed E-state index contributed by atoms with van der Waals surface area (Å²) in [6.45, 7) is 0. The molecule has 1 unspecified atom stereocenters. The number of hydrogen-bond acceptors (Lipinski definition) is 5. The Kier molecular flexibility index (Phi) is 5.24. The van der Waals surface area contributed by atoms with Gasteiger partial charge >= 0.3 is 12.3 Å². The zero-order valence-corrected chi connectivity index (χ0v) is 14.9. The molecule has 0 aliphatic rings. The predicted octanol–water partition coefficient (Wildman–Crippen LogP) is 3.81. The Labute approximate surface area is 157 Å². The number of imidazole rings is 1. The van der Waals surface area contributed by atoms with Crippen LogP contribution < -0.4 is 9.47 Å². The van der Waals surface area contributed by atoms with E-state index in [2.05, 4.69) is 19.7 Å². The van der Waals surface area contributed by atoms with Crippen molar-refractivity contribution in [3.8, 4) is 11.5 Å². The molecule has 0 radical (unpaired) electrons. The molecule has 0 aliphatic heterocycles. The summed E-state index contributed by atoms with van der Waals surface area (Å²) in [5.74, 6) is -0.198. The van der Waals surface area contributed by atoms with Gasteiger partial charge in [-0.05, 0) is 18.2 Å². The molecule has 1 atom stereocenters. The first kappa shape index (κ1) is 20.0. The Bertz CT molecular complexity index is 1020. The first-order chi connectivity index (χ1) is 13.1. The highest BCUT2D eigenvalue weighted by molar-refractivity contribution is 7.84. The van der Waals surface area contributed by atoms with E-state index in [9.17, 15) is 26.2 Å². The lowest BCUT2D eigenvalue weighted by atomic mass is 10.3. The van der Waals surface area contributed by atoms with Crippen molar-refractivity contribution < 1.29 is 35.6 Å². The number of hydrogen-bond donors (Lipinski definition) is 1. The van der Waals surface area contributed by atoms with Crippen LogP contribution in [0.15, 0.2) is 41.7 Å². The van der Waals surface area contributed by atoms with Crippen molar-refractivity contribution in [1.82, 2.24) is 15.0 Å². The Hall–Kier alpha value is -2.76. The summed E-state index contributed by atoms with van der Waals surface area (Å²) >= 11 is 0. The quantitative estimate of drug-likeness (QED) is 0.613. The third-order valence-corrected chi connectivity index (χ3v) is 4.71. The van der Waals surface area contributed by atoms with Crippen LogP contribution >= 0.6 is 0 Å². The van der Waals surface area contributed by atoms with Crippen molar-refractivity contribution in [2.75, 3.05) is 7.11 Å². The Balaban J connectivity index is 1.81. The third-order valence-electron chi connectivity index (χ3n) is 3.53. The van der Waals surface area contributed by atoms with Crippen LogP contribution in [0.4, 0.5) is 22.0 Å². The van der Waals surface area contributed by atoms with Gasteiger partial charge in [-0.15, -0.1) is 0 Å². The summed E-state index contributed by atoms with van der Waals surface area (Å²) in [7, 11) is -0.201. The van der Waals surface area contributed by atoms with E-state index in [1.54, 1.807) is 12.1 Å². The van der Waals surface area contributed by atoms with Crippen molar-refractivity contribution >= 4 is 21.8 Å². The SMILES string of the molecule is COc1ccnc(CS(=O)c2nc3ccc(OC(F)(F)C(F)(F)F)cc3[nH]2)c1. The van der Waals surface area contributed by atoms with Gasteiger partial charge in [-0.1, -0.05) is 0 Å². The molecule has 2 heterocycles. The molecule has 28 heavy (non-hydrogen) atoms. The minimum atomic E-state index is -5.85. The van der Waals surface area contributed by atoms with Gasteiger partial charge in [0.15, 0.2) is 5.16 Å². The van der Waals surface area contributed by atoms with Crippen molar-refractivity contribution in [2.45, 2.75) is 23.2 Å². The average molecular weight is 421 g/mol. The third kappa shape index (κ3) is 4.21. The molecule has 150 valence electrons. The molecule has 6 nitrogen and oxygen atoms in total. The van der Waals surface area contributed by atoms with Crippen molar-refractivity contribution in [3.63, 3.8) is 0 Å². The first-order valence-corrected chi connectivity index (χ1v) is 8.91. The van der Waals surface area contributed by atoms with E-state index in [0.717, 1.165) is 12.1 Å². The zero-order chi connectivity index (χ0) is 20.5. The molecule has 3 aromatic rings. The maximum atomic E-state index is 13.0. The van der Waals surface area contributed by atoms with Crippen LogP contribution in [-0.2, 0) is 16.6 Å². The van der Waals surface area contributed by atoms with E-state index < -0.39 is 28.8 Å². The predicted molar refractivity (Wildman–Crippen MR) is 88.6 cm³/mol. The molecule has 0 saturated carbocycles. The lowest BCUT2D eigenvalue weighted by Crippen LogP contribution is -2.41. The number of aromatic nitrogens is 3. The molecule has 12 heteroatoms. The smallest absolute Gasteiger partial charge is 0.497 e. The lowest BCUT2D eigenvalue weighted by Gasteiger charge is -2.19. The number of H-pyrrole nitrogens is 1. The second-order valence-electron chi connectivity index (χ2n) is 5.51. The van der Waals surface area contributed by atoms with Gasteiger partial charge in [0.1, 0.15) is 11.5 Å². The highest BCUT2D eigenvalue weighted by atomic mass is 32.2. The van der Waals surface area contributed by atoms with Crippen LogP contribution in [0, 0.1) is 0 Å². The van der Waals surface area contributed by atoms with E-state index in [1.807, 2.05) is 0 Å². The minimum Gasteiger partial charge on any atom is -0.497 e. The van der Waals surface area contributed by atoms with Crippen molar-refractivity contribution in [3.05, 3.63) is 42.2 Å². The topological polar surface area (TPSA) is 77.1 Å². The number of nitrogens with zero attached hydrogens (tertiary/aromatic N) is 2. The van der Waals surface area contributed by atoms with E-state index in [4.69, 9.17) is 4.74 Å². The van der Waals surface area contributed by atoms with Gasteiger partial charge in [0.05, 0.1) is 40.4 Å². The first-order valence-electron chi connectivity index (χ1n) is 7.59. The number of methoxy groups -OCH3 is 1. The standard InChI is InChI=1S/C16H12F5N3O3S/c1-26-10-4-5-22-9(6-10)8-28(25)14-23-12-3-2-11(7-13(12)24-14)27-16(20,21)15(17,18)19/h2-7H,8H2,1H3,(H,23,24). The van der Waals surface area contributed by atoms with Gasteiger partial charge in [-0.2, -0.15) is 22.0 Å². The number of benzene rings is 1. The lowest BCUT2D eigenvalue weighted by molar-refractivity contribution is -0.360. The number of pyridine rings is 1. The van der Waals surface area contributed by atoms with Gasteiger partial charge in [-0.25, -0.2) is 4.98 Å². The average Bonchev–Trinajstić information content (AvgIpc) is 3.04. The van der Waals surface area contributed by atoms with Crippen LogP contribution in [0.25, 0.3) is 11.0 Å². The molecule has 3 rings (SSSR count). The highest BCUT2D eigenvalue weighted by Crippen LogP contribution is 2.37. The number of ether oxygens (including phenoxy) is 2. The van der Waals surface area contributed by atoms with Crippen LogP contribution in [0.3, 0.4) is 0 Å². The Morgan fingerprint density at radius 1 is 1.11 bits per heavy atom. The number of rotatable bonds is 6. The van der Waals surface area contributed by atoms with E-state index in [0.29, 0.717) is 11.4 Å². The summed E-state index contributed by atoms with van der Waals surface area (Å²) < 4.78 is 84.1. The number of alkyl halides is 5. The summed E-state index contributed by atoms with van der Waals surface area (Å²) in [4.78, 5) is 10.7. The van der Waals surface area contributed by atoms with E-state index >= 15 is 0 Å². The van der Waals surface area contributed by atoms with Crippen molar-refractivity contribution in [2.24, 2.45) is 0 Å². The maximum absolute atomic E-state index is 13.0. The molecule has 0 bridgehead atoms. The normalized spacial score (nSPS) is 13.5. The van der Waals surface area contributed by atoms with Crippen LogP contribution in [0.2, 0.25) is 0 Å². The Morgan fingerprint density at radius 3 is 2.54 bits per heavy atom. The number of fused-ring (bicyclic) bond motifs is 1. The van der Waals surface area contributed by atoms with Gasteiger partial charge in [-0.3, -0.25) is 9.19 Å². The molecule has 2 aromatic heterocycles. The summed E-state index contributed by atoms with van der Waals surface area (Å²) in [6, 6.07) is 6.22. The fourth-order valence-corrected chi connectivity index (χ4v) is 3.19. The molecule has 0 amide bonds. The number of halogens is 5. The maximum Gasteiger partial charge on any atom is 0.499 e. The summed E-state index contributed by atoms with van der Waals surface area (Å²) in [5.41, 5.74) is 0.786. The van der Waals surface area contributed by atoms with Gasteiger partial charge < -0.3 is 14.5 Å². The second kappa shape index (κ2) is 7.34. The summed E-state index contributed by atoms with van der Waals surface area (Å²) in [5, 5.41) is 0.0133. The molecule has 0 fully saturated rings.